The molecule has 3 rings (SSSR count). The zero-order chi connectivity index (χ0) is 19.0. The minimum absolute atomic E-state index is 0.0162. The molecule has 1 aliphatic rings. The summed E-state index contributed by atoms with van der Waals surface area (Å²) in [6, 6.07) is 3.37. The Morgan fingerprint density at radius 3 is 2.65 bits per heavy atom. The van der Waals surface area contributed by atoms with Gasteiger partial charge in [0, 0.05) is 18.1 Å². The fraction of sp³-hybridized carbons (Fsp3) is 0.571. The van der Waals surface area contributed by atoms with Crippen molar-refractivity contribution in [1.82, 2.24) is 0 Å². The van der Waals surface area contributed by atoms with E-state index in [1.165, 1.54) is 6.07 Å². The monoisotopic (exact) mass is 360 g/mol. The molecule has 0 radical (unpaired) electrons. The molecule has 0 fully saturated rings. The van der Waals surface area contributed by atoms with Crippen molar-refractivity contribution in [2.75, 3.05) is 0 Å². The fourth-order valence-corrected chi connectivity index (χ4v) is 3.45. The highest BCUT2D eigenvalue weighted by molar-refractivity contribution is 5.91. The summed E-state index contributed by atoms with van der Waals surface area (Å²) >= 11 is 0. The van der Waals surface area contributed by atoms with Crippen LogP contribution in [-0.4, -0.2) is 17.3 Å². The Morgan fingerprint density at radius 1 is 1.27 bits per heavy atom. The predicted molar refractivity (Wildman–Crippen MR) is 101 cm³/mol. The Hall–Kier alpha value is -2.01. The minimum Gasteiger partial charge on any atom is -0.490 e. The Morgan fingerprint density at radius 2 is 2.00 bits per heavy atom. The molecular formula is C21H28O5. The van der Waals surface area contributed by atoms with Crippen LogP contribution in [0.3, 0.4) is 0 Å². The molecule has 1 aliphatic heterocycles. The van der Waals surface area contributed by atoms with Crippen molar-refractivity contribution in [3.63, 3.8) is 0 Å². The maximum absolute atomic E-state index is 12.2. The second-order valence-corrected chi connectivity index (χ2v) is 7.29. The van der Waals surface area contributed by atoms with Crippen LogP contribution in [0.4, 0.5) is 0 Å². The molecule has 26 heavy (non-hydrogen) atoms. The predicted octanol–water partition coefficient (Wildman–Crippen LogP) is 4.37. The molecule has 0 saturated carbocycles. The molecule has 1 aromatic heterocycles. The van der Waals surface area contributed by atoms with Crippen LogP contribution in [0.25, 0.3) is 11.0 Å². The number of benzene rings is 1. The second-order valence-electron chi connectivity index (χ2n) is 7.29. The van der Waals surface area contributed by atoms with Crippen LogP contribution >= 0.6 is 0 Å². The minimum atomic E-state index is -0.756. The molecule has 1 aromatic carbocycles. The van der Waals surface area contributed by atoms with E-state index in [4.69, 9.17) is 13.9 Å². The van der Waals surface area contributed by atoms with Gasteiger partial charge in [-0.25, -0.2) is 4.79 Å². The Bertz CT molecular complexity index is 854. The third-order valence-electron chi connectivity index (χ3n) is 5.33. The summed E-state index contributed by atoms with van der Waals surface area (Å²) in [6.07, 6.45) is 1.61. The van der Waals surface area contributed by atoms with E-state index in [2.05, 4.69) is 13.8 Å². The number of hydrogen-bond donors (Lipinski definition) is 1. The number of hydrogen-bond acceptors (Lipinski definition) is 5. The Kier molecular flexibility index (Phi) is 5.28. The van der Waals surface area contributed by atoms with E-state index in [1.807, 2.05) is 26.8 Å². The smallest absolute Gasteiger partial charge is 0.336 e. The van der Waals surface area contributed by atoms with Crippen LogP contribution in [0.1, 0.15) is 64.7 Å². The van der Waals surface area contributed by atoms with Gasteiger partial charge in [0.2, 0.25) is 0 Å². The molecule has 142 valence electrons. The molecule has 4 atom stereocenters. The number of fused-ring (bicyclic) bond motifs is 3. The Labute approximate surface area is 153 Å². The van der Waals surface area contributed by atoms with Gasteiger partial charge in [-0.15, -0.1) is 0 Å². The number of aryl methyl sites for hydroxylation is 1. The van der Waals surface area contributed by atoms with Crippen LogP contribution in [0.5, 0.6) is 11.5 Å². The van der Waals surface area contributed by atoms with Crippen LogP contribution in [0, 0.1) is 5.92 Å². The average Bonchev–Trinajstić information content (AvgIpc) is 2.59. The van der Waals surface area contributed by atoms with Gasteiger partial charge in [0.05, 0.1) is 23.2 Å². The highest BCUT2D eigenvalue weighted by Crippen LogP contribution is 2.46. The van der Waals surface area contributed by atoms with Crippen LogP contribution < -0.4 is 15.1 Å². The first kappa shape index (κ1) is 18.8. The topological polar surface area (TPSA) is 68.9 Å². The summed E-state index contributed by atoms with van der Waals surface area (Å²) in [5.41, 5.74) is 1.42. The zero-order valence-electron chi connectivity index (χ0n) is 16.2. The molecule has 1 unspecified atom stereocenters. The quantitative estimate of drug-likeness (QED) is 0.802. The highest BCUT2D eigenvalue weighted by Gasteiger charge is 2.36. The zero-order valence-corrected chi connectivity index (χ0v) is 16.2. The van der Waals surface area contributed by atoms with Crippen LogP contribution in [0.2, 0.25) is 0 Å². The lowest BCUT2D eigenvalue weighted by atomic mass is 9.87. The van der Waals surface area contributed by atoms with Crippen molar-refractivity contribution >= 4 is 11.0 Å². The lowest BCUT2D eigenvalue weighted by Crippen LogP contribution is -2.32. The molecule has 0 saturated heterocycles. The normalized spacial score (nSPS) is 23.4. The van der Waals surface area contributed by atoms with Gasteiger partial charge in [0.15, 0.2) is 5.58 Å². The third kappa shape index (κ3) is 3.20. The summed E-state index contributed by atoms with van der Waals surface area (Å²) in [5, 5.41) is 11.6. The van der Waals surface area contributed by atoms with Gasteiger partial charge >= 0.3 is 5.63 Å². The van der Waals surface area contributed by atoms with Gasteiger partial charge in [-0.1, -0.05) is 27.2 Å². The lowest BCUT2D eigenvalue weighted by molar-refractivity contribution is 0.0177. The number of aliphatic hydroxyl groups excluding tert-OH is 1. The average molecular weight is 360 g/mol. The van der Waals surface area contributed by atoms with E-state index >= 15 is 0 Å². The SMILES string of the molecule is CCCc1cc(=O)oc2c3c(cc(OC(C)CC)c12)O[C@@H](C)[C@H](C)[C@H]3O. The van der Waals surface area contributed by atoms with Gasteiger partial charge in [0.1, 0.15) is 17.6 Å². The maximum atomic E-state index is 12.2. The molecule has 2 aromatic rings. The van der Waals surface area contributed by atoms with Crippen molar-refractivity contribution < 1.29 is 19.0 Å². The summed E-state index contributed by atoms with van der Waals surface area (Å²) in [7, 11) is 0. The first-order valence-corrected chi connectivity index (χ1v) is 9.52. The summed E-state index contributed by atoms with van der Waals surface area (Å²) in [4.78, 5) is 12.2. The molecule has 1 N–H and O–H groups in total. The molecule has 2 heterocycles. The number of ether oxygens (including phenoxy) is 2. The van der Waals surface area contributed by atoms with Crippen molar-refractivity contribution in [2.24, 2.45) is 5.92 Å². The maximum Gasteiger partial charge on any atom is 0.336 e. The van der Waals surface area contributed by atoms with Crippen molar-refractivity contribution in [3.8, 4) is 11.5 Å². The fourth-order valence-electron chi connectivity index (χ4n) is 3.45. The molecule has 5 nitrogen and oxygen atoms in total. The van der Waals surface area contributed by atoms with E-state index in [0.717, 1.165) is 30.2 Å². The summed E-state index contributed by atoms with van der Waals surface area (Å²) in [6.45, 7) is 9.99. The van der Waals surface area contributed by atoms with Gasteiger partial charge in [-0.05, 0) is 32.3 Å². The van der Waals surface area contributed by atoms with Gasteiger partial charge < -0.3 is 19.0 Å². The second kappa shape index (κ2) is 7.31. The first-order valence-electron chi connectivity index (χ1n) is 9.52. The Balaban J connectivity index is 2.34. The van der Waals surface area contributed by atoms with Crippen LogP contribution in [0.15, 0.2) is 21.3 Å². The van der Waals surface area contributed by atoms with E-state index in [9.17, 15) is 9.90 Å². The van der Waals surface area contributed by atoms with Crippen molar-refractivity contribution in [2.45, 2.75) is 72.2 Å². The van der Waals surface area contributed by atoms with Gasteiger partial charge in [-0.2, -0.15) is 0 Å². The molecular weight excluding hydrogens is 332 g/mol. The molecule has 0 amide bonds. The highest BCUT2D eigenvalue weighted by atomic mass is 16.5. The molecule has 0 aliphatic carbocycles. The summed E-state index contributed by atoms with van der Waals surface area (Å²) in [5.74, 6) is 1.08. The molecule has 0 spiro atoms. The van der Waals surface area contributed by atoms with E-state index in [1.54, 1.807) is 0 Å². The standard InChI is InChI=1S/C21H28O5/c1-6-8-14-9-17(22)26-21-18(14)15(24-11(3)7-2)10-16-19(21)20(23)12(4)13(5)25-16/h9-13,20,23H,6-8H2,1-5H3/t11?,12-,13-,20+/m0/s1. The van der Waals surface area contributed by atoms with E-state index < -0.39 is 11.7 Å². The van der Waals surface area contributed by atoms with Crippen LogP contribution in [-0.2, 0) is 6.42 Å². The van der Waals surface area contributed by atoms with Gasteiger partial charge in [-0.3, -0.25) is 0 Å². The lowest BCUT2D eigenvalue weighted by Gasteiger charge is -2.34. The molecule has 5 heteroatoms. The number of rotatable bonds is 5. The molecule has 0 bridgehead atoms. The summed E-state index contributed by atoms with van der Waals surface area (Å²) < 4.78 is 17.7. The largest absolute Gasteiger partial charge is 0.490 e. The third-order valence-corrected chi connectivity index (χ3v) is 5.33. The van der Waals surface area contributed by atoms with E-state index in [-0.39, 0.29) is 18.1 Å². The van der Waals surface area contributed by atoms with Crippen molar-refractivity contribution in [3.05, 3.63) is 33.7 Å². The first-order chi connectivity index (χ1) is 12.4. The van der Waals surface area contributed by atoms with Gasteiger partial charge in [0.25, 0.3) is 0 Å². The van der Waals surface area contributed by atoms with Crippen molar-refractivity contribution in [1.29, 1.82) is 0 Å². The van der Waals surface area contributed by atoms with E-state index in [0.29, 0.717) is 22.6 Å². The number of aliphatic hydroxyl groups is 1.